The van der Waals surface area contributed by atoms with Crippen molar-refractivity contribution < 1.29 is 4.74 Å². The van der Waals surface area contributed by atoms with Gasteiger partial charge in [-0.2, -0.15) is 11.8 Å². The summed E-state index contributed by atoms with van der Waals surface area (Å²) in [7, 11) is 1.71. The van der Waals surface area contributed by atoms with Gasteiger partial charge < -0.3 is 4.74 Å². The predicted octanol–water partition coefficient (Wildman–Crippen LogP) is 2.18. The van der Waals surface area contributed by atoms with E-state index in [1.54, 1.807) is 18.9 Å². The van der Waals surface area contributed by atoms with Gasteiger partial charge in [0.2, 0.25) is 0 Å². The summed E-state index contributed by atoms with van der Waals surface area (Å²) in [5, 5.41) is 0. The van der Waals surface area contributed by atoms with Gasteiger partial charge >= 0.3 is 0 Å². The van der Waals surface area contributed by atoms with Crippen LogP contribution >= 0.6 is 11.8 Å². The van der Waals surface area contributed by atoms with Crippen molar-refractivity contribution in [2.24, 2.45) is 5.84 Å². The van der Waals surface area contributed by atoms with Crippen LogP contribution in [0.3, 0.4) is 0 Å². The van der Waals surface area contributed by atoms with Crippen LogP contribution in [0.15, 0.2) is 12.1 Å². The minimum absolute atomic E-state index is 0.129. The zero-order chi connectivity index (χ0) is 12.1. The maximum atomic E-state index is 5.58. The third-order valence-electron chi connectivity index (χ3n) is 2.82. The molecule has 1 aromatic rings. The van der Waals surface area contributed by atoms with Crippen molar-refractivity contribution in [1.82, 2.24) is 5.43 Å². The fraction of sp³-hybridized carbons (Fsp3) is 0.500. The molecule has 0 spiro atoms. The Labute approximate surface area is 102 Å². The zero-order valence-corrected chi connectivity index (χ0v) is 11.1. The first-order valence-corrected chi connectivity index (χ1v) is 6.64. The van der Waals surface area contributed by atoms with Gasteiger partial charge in [0.05, 0.1) is 13.2 Å². The number of nitrogens with one attached hydrogen (secondary N) is 1. The van der Waals surface area contributed by atoms with Gasteiger partial charge in [0.15, 0.2) is 0 Å². The molecule has 0 aliphatic carbocycles. The van der Waals surface area contributed by atoms with Gasteiger partial charge in [0.1, 0.15) is 5.75 Å². The van der Waals surface area contributed by atoms with E-state index in [0.29, 0.717) is 0 Å². The molecule has 0 heterocycles. The van der Waals surface area contributed by atoms with Crippen molar-refractivity contribution in [3.8, 4) is 5.75 Å². The summed E-state index contributed by atoms with van der Waals surface area (Å²) in [6.07, 6.45) is 2.07. The third kappa shape index (κ3) is 2.70. The number of ether oxygens (including phenoxy) is 1. The molecule has 0 bridgehead atoms. The molecule has 1 atom stereocenters. The molecule has 0 aromatic heterocycles. The van der Waals surface area contributed by atoms with Crippen molar-refractivity contribution in [2.45, 2.75) is 19.9 Å². The number of hydrazine groups is 1. The number of hydrogen-bond donors (Lipinski definition) is 2. The minimum atomic E-state index is 0.129. The lowest BCUT2D eigenvalue weighted by Gasteiger charge is -2.20. The highest BCUT2D eigenvalue weighted by molar-refractivity contribution is 7.98. The molecule has 0 amide bonds. The SMILES string of the molecule is COc1c(C(CSC)NN)ccc(C)c1C. The first kappa shape index (κ1) is 13.4. The molecule has 1 unspecified atom stereocenters. The van der Waals surface area contributed by atoms with Crippen LogP contribution in [0.2, 0.25) is 0 Å². The van der Waals surface area contributed by atoms with E-state index in [4.69, 9.17) is 10.6 Å². The Morgan fingerprint density at radius 2 is 2.12 bits per heavy atom. The second kappa shape index (κ2) is 6.13. The largest absolute Gasteiger partial charge is 0.496 e. The second-order valence-electron chi connectivity index (χ2n) is 3.80. The fourth-order valence-electron chi connectivity index (χ4n) is 1.75. The fourth-order valence-corrected chi connectivity index (χ4v) is 2.36. The molecule has 3 N–H and O–H groups in total. The molecule has 1 aromatic carbocycles. The quantitative estimate of drug-likeness (QED) is 0.612. The summed E-state index contributed by atoms with van der Waals surface area (Å²) >= 11 is 1.76. The maximum absolute atomic E-state index is 5.58. The zero-order valence-electron chi connectivity index (χ0n) is 10.3. The highest BCUT2D eigenvalue weighted by Crippen LogP contribution is 2.31. The molecule has 0 saturated carbocycles. The van der Waals surface area contributed by atoms with E-state index in [2.05, 4.69) is 37.7 Å². The average Bonchev–Trinajstić information content (AvgIpc) is 2.29. The van der Waals surface area contributed by atoms with Gasteiger partial charge in [-0.05, 0) is 31.2 Å². The molecular formula is C12H20N2OS. The van der Waals surface area contributed by atoms with Gasteiger partial charge in [0, 0.05) is 11.3 Å². The van der Waals surface area contributed by atoms with E-state index < -0.39 is 0 Å². The van der Waals surface area contributed by atoms with Crippen molar-refractivity contribution >= 4 is 11.8 Å². The number of thioether (sulfide) groups is 1. The Kier molecular flexibility index (Phi) is 5.12. The van der Waals surface area contributed by atoms with Crippen LogP contribution in [0.1, 0.15) is 22.7 Å². The highest BCUT2D eigenvalue weighted by Gasteiger charge is 2.16. The van der Waals surface area contributed by atoms with Gasteiger partial charge in [-0.25, -0.2) is 0 Å². The molecule has 3 nitrogen and oxygen atoms in total. The van der Waals surface area contributed by atoms with Gasteiger partial charge in [-0.15, -0.1) is 0 Å². The van der Waals surface area contributed by atoms with E-state index in [0.717, 1.165) is 17.1 Å². The van der Waals surface area contributed by atoms with Crippen molar-refractivity contribution in [1.29, 1.82) is 0 Å². The standard InChI is InChI=1S/C12H20N2OS/c1-8-5-6-10(11(14-13)7-16-4)12(15-3)9(8)2/h5-6,11,14H,7,13H2,1-4H3. The maximum Gasteiger partial charge on any atom is 0.126 e. The Morgan fingerprint density at radius 3 is 2.62 bits per heavy atom. The molecular weight excluding hydrogens is 220 g/mol. The minimum Gasteiger partial charge on any atom is -0.496 e. The van der Waals surface area contributed by atoms with Crippen LogP contribution < -0.4 is 16.0 Å². The molecule has 0 aliphatic heterocycles. The Hall–Kier alpha value is -0.710. The molecule has 0 aliphatic rings. The molecule has 16 heavy (non-hydrogen) atoms. The van der Waals surface area contributed by atoms with E-state index in [1.807, 2.05) is 0 Å². The lowest BCUT2D eigenvalue weighted by Crippen LogP contribution is -2.30. The van der Waals surface area contributed by atoms with Gasteiger partial charge in [-0.3, -0.25) is 11.3 Å². The van der Waals surface area contributed by atoms with Crippen LogP contribution in [0.5, 0.6) is 5.75 Å². The van der Waals surface area contributed by atoms with E-state index in [-0.39, 0.29) is 6.04 Å². The van der Waals surface area contributed by atoms with Crippen LogP contribution in [0.4, 0.5) is 0 Å². The molecule has 0 fully saturated rings. The second-order valence-corrected chi connectivity index (χ2v) is 4.72. The van der Waals surface area contributed by atoms with E-state index >= 15 is 0 Å². The third-order valence-corrected chi connectivity index (χ3v) is 3.49. The Bertz CT molecular complexity index is 355. The number of benzene rings is 1. The number of hydrogen-bond acceptors (Lipinski definition) is 4. The van der Waals surface area contributed by atoms with Gasteiger partial charge in [0.25, 0.3) is 0 Å². The van der Waals surface area contributed by atoms with E-state index in [9.17, 15) is 0 Å². The lowest BCUT2D eigenvalue weighted by molar-refractivity contribution is 0.399. The molecule has 1 rings (SSSR count). The van der Waals surface area contributed by atoms with E-state index in [1.165, 1.54) is 11.1 Å². The molecule has 0 radical (unpaired) electrons. The summed E-state index contributed by atoms with van der Waals surface area (Å²) in [6.45, 7) is 4.16. The molecule has 4 heteroatoms. The normalized spacial score (nSPS) is 12.6. The van der Waals surface area contributed by atoms with Crippen LogP contribution in [0.25, 0.3) is 0 Å². The highest BCUT2D eigenvalue weighted by atomic mass is 32.2. The van der Waals surface area contributed by atoms with Crippen molar-refractivity contribution in [2.75, 3.05) is 19.1 Å². The van der Waals surface area contributed by atoms with Crippen molar-refractivity contribution in [3.05, 3.63) is 28.8 Å². The number of aryl methyl sites for hydroxylation is 1. The van der Waals surface area contributed by atoms with Crippen LogP contribution in [0, 0.1) is 13.8 Å². The Balaban J connectivity index is 3.16. The summed E-state index contributed by atoms with van der Waals surface area (Å²) in [5.41, 5.74) is 6.39. The summed E-state index contributed by atoms with van der Waals surface area (Å²) in [5.74, 6) is 7.45. The van der Waals surface area contributed by atoms with Crippen LogP contribution in [-0.2, 0) is 0 Å². The van der Waals surface area contributed by atoms with Crippen molar-refractivity contribution in [3.63, 3.8) is 0 Å². The summed E-state index contributed by atoms with van der Waals surface area (Å²) in [6, 6.07) is 4.32. The summed E-state index contributed by atoms with van der Waals surface area (Å²) in [4.78, 5) is 0. The van der Waals surface area contributed by atoms with Gasteiger partial charge in [-0.1, -0.05) is 12.1 Å². The predicted molar refractivity (Wildman–Crippen MR) is 70.9 cm³/mol. The number of nitrogens with two attached hydrogens (primary N) is 1. The first-order chi connectivity index (χ1) is 7.65. The number of methoxy groups -OCH3 is 1. The lowest BCUT2D eigenvalue weighted by atomic mass is 10.0. The average molecular weight is 240 g/mol. The smallest absolute Gasteiger partial charge is 0.126 e. The molecule has 90 valence electrons. The monoisotopic (exact) mass is 240 g/mol. The number of rotatable bonds is 5. The Morgan fingerprint density at radius 1 is 1.44 bits per heavy atom. The first-order valence-electron chi connectivity index (χ1n) is 5.24. The van der Waals surface area contributed by atoms with Crippen LogP contribution in [-0.4, -0.2) is 19.1 Å². The topological polar surface area (TPSA) is 47.3 Å². The molecule has 0 saturated heterocycles. The summed E-state index contributed by atoms with van der Waals surface area (Å²) < 4.78 is 5.48.